The van der Waals surface area contributed by atoms with Gasteiger partial charge in [0.2, 0.25) is 0 Å². The lowest BCUT2D eigenvalue weighted by Gasteiger charge is -2.37. The summed E-state index contributed by atoms with van der Waals surface area (Å²) >= 11 is 0. The monoisotopic (exact) mass is 420 g/mol. The van der Waals surface area contributed by atoms with E-state index < -0.39 is 0 Å². The average molecular weight is 421 g/mol. The van der Waals surface area contributed by atoms with Gasteiger partial charge in [-0.1, -0.05) is 110 Å². The number of hydrogen-bond donors (Lipinski definition) is 0. The molecule has 0 saturated heterocycles. The normalized spacial score (nSPS) is 14.8. The molecule has 0 radical (unpaired) electrons. The first-order valence-electron chi connectivity index (χ1n) is 13.8. The molecule has 178 valence electrons. The van der Waals surface area contributed by atoms with Crippen LogP contribution < -0.4 is 0 Å². The van der Waals surface area contributed by atoms with Crippen LogP contribution in [0, 0.1) is 0 Å². The van der Waals surface area contributed by atoms with E-state index >= 15 is 0 Å². The van der Waals surface area contributed by atoms with Crippen molar-refractivity contribution in [1.29, 1.82) is 0 Å². The topological polar surface area (TPSA) is 6.48 Å². The van der Waals surface area contributed by atoms with Gasteiger partial charge in [-0.25, -0.2) is 0 Å². The van der Waals surface area contributed by atoms with Crippen LogP contribution in [0.3, 0.4) is 0 Å². The van der Waals surface area contributed by atoms with Gasteiger partial charge in [0.05, 0.1) is 0 Å². The van der Waals surface area contributed by atoms with Gasteiger partial charge in [0.25, 0.3) is 0 Å². The second-order valence-corrected chi connectivity index (χ2v) is 10.3. The van der Waals surface area contributed by atoms with E-state index in [1.54, 1.807) is 0 Å². The fourth-order valence-electron chi connectivity index (χ4n) is 4.89. The van der Waals surface area contributed by atoms with E-state index in [4.69, 9.17) is 0 Å². The molecule has 0 aliphatic carbocycles. The molecule has 0 aromatic carbocycles. The first-order chi connectivity index (χ1) is 14.6. The van der Waals surface area contributed by atoms with Crippen molar-refractivity contribution in [3.05, 3.63) is 12.4 Å². The highest BCUT2D eigenvalue weighted by molar-refractivity contribution is 4.99. The molecule has 2 nitrogen and oxygen atoms in total. The Hall–Kier alpha value is -0.660. The Balaban J connectivity index is 1.88. The van der Waals surface area contributed by atoms with Crippen LogP contribution in [0.15, 0.2) is 12.4 Å². The summed E-state index contributed by atoms with van der Waals surface area (Å²) in [7, 11) is 0. The molecule has 0 saturated carbocycles. The van der Waals surface area contributed by atoms with Gasteiger partial charge >= 0.3 is 0 Å². The van der Waals surface area contributed by atoms with Crippen molar-refractivity contribution in [2.75, 3.05) is 0 Å². The molecule has 0 N–H and O–H groups in total. The van der Waals surface area contributed by atoms with Gasteiger partial charge in [0.15, 0.2) is 0 Å². The number of unbranched alkanes of at least 4 members (excludes halogenated alkanes) is 16. The minimum Gasteiger partial charge on any atom is -0.354 e. The van der Waals surface area contributed by atoms with Crippen LogP contribution >= 0.6 is 0 Å². The summed E-state index contributed by atoms with van der Waals surface area (Å²) in [6.07, 6.45) is 31.1. The lowest BCUT2D eigenvalue weighted by molar-refractivity contribution is 0.0946. The first kappa shape index (κ1) is 27.4. The quantitative estimate of drug-likeness (QED) is 0.181. The van der Waals surface area contributed by atoms with Crippen LogP contribution in [0.4, 0.5) is 0 Å². The number of nitrogens with zero attached hydrogens (tertiary/aromatic N) is 2. The third-order valence-corrected chi connectivity index (χ3v) is 6.86. The van der Waals surface area contributed by atoms with E-state index in [1.807, 2.05) is 0 Å². The van der Waals surface area contributed by atoms with Crippen molar-refractivity contribution in [2.24, 2.45) is 0 Å². The van der Waals surface area contributed by atoms with Crippen LogP contribution in [-0.4, -0.2) is 28.0 Å². The van der Waals surface area contributed by atoms with E-state index in [9.17, 15) is 0 Å². The van der Waals surface area contributed by atoms with E-state index in [0.717, 1.165) is 0 Å². The molecule has 0 spiro atoms. The van der Waals surface area contributed by atoms with Gasteiger partial charge < -0.3 is 9.80 Å². The third kappa shape index (κ3) is 12.3. The molecular formula is C28H56N2. The van der Waals surface area contributed by atoms with Gasteiger partial charge in [0.1, 0.15) is 6.17 Å². The fraction of sp³-hybridized carbons (Fsp3) is 0.929. The minimum atomic E-state index is 0.585. The lowest BCUT2D eigenvalue weighted by atomic mass is 10.0. The van der Waals surface area contributed by atoms with Crippen molar-refractivity contribution in [2.45, 2.75) is 168 Å². The molecule has 0 aromatic rings. The van der Waals surface area contributed by atoms with Gasteiger partial charge in [-0.3, -0.25) is 0 Å². The van der Waals surface area contributed by atoms with Gasteiger partial charge in [-0.15, -0.1) is 0 Å². The molecule has 2 heteroatoms. The number of rotatable bonds is 20. The maximum Gasteiger partial charge on any atom is 0.101 e. The molecule has 30 heavy (non-hydrogen) atoms. The molecule has 0 bridgehead atoms. The maximum absolute atomic E-state index is 2.55. The van der Waals surface area contributed by atoms with E-state index in [-0.39, 0.29) is 0 Å². The van der Waals surface area contributed by atoms with Crippen molar-refractivity contribution in [1.82, 2.24) is 9.80 Å². The predicted molar refractivity (Wildman–Crippen MR) is 136 cm³/mol. The SMILES string of the molecule is CCCCCCCCCCCCCCCCCCCC1N(C(C)C)C=CN1C(C)C. The standard InChI is InChI=1S/C28H56N2/c1-6-7-8-9-10-11-12-13-14-15-16-17-18-19-20-21-22-23-28-29(26(2)3)24-25-30(28)27(4)5/h24-28H,6-23H2,1-5H3. The zero-order valence-electron chi connectivity index (χ0n) is 21.5. The van der Waals surface area contributed by atoms with Gasteiger partial charge in [0, 0.05) is 24.5 Å². The Bertz CT molecular complexity index is 383. The van der Waals surface area contributed by atoms with E-state index in [1.165, 1.54) is 116 Å². The van der Waals surface area contributed by atoms with E-state index in [2.05, 4.69) is 56.8 Å². The summed E-state index contributed by atoms with van der Waals surface area (Å²) in [5, 5.41) is 0. The van der Waals surface area contributed by atoms with Crippen molar-refractivity contribution >= 4 is 0 Å². The fourth-order valence-corrected chi connectivity index (χ4v) is 4.89. The molecule has 0 unspecified atom stereocenters. The number of hydrogen-bond acceptors (Lipinski definition) is 2. The Morgan fingerprint density at radius 1 is 0.500 bits per heavy atom. The van der Waals surface area contributed by atoms with Crippen molar-refractivity contribution < 1.29 is 0 Å². The van der Waals surface area contributed by atoms with E-state index in [0.29, 0.717) is 18.2 Å². The largest absolute Gasteiger partial charge is 0.354 e. The van der Waals surface area contributed by atoms with Gasteiger partial charge in [-0.2, -0.15) is 0 Å². The summed E-state index contributed by atoms with van der Waals surface area (Å²) in [5.41, 5.74) is 0. The van der Waals surface area contributed by atoms with Crippen LogP contribution in [-0.2, 0) is 0 Å². The second kappa shape index (κ2) is 18.0. The Morgan fingerprint density at radius 2 is 0.800 bits per heavy atom. The molecule has 0 amide bonds. The summed E-state index contributed by atoms with van der Waals surface area (Å²) in [6.45, 7) is 11.6. The Labute approximate surface area is 190 Å². The smallest absolute Gasteiger partial charge is 0.101 e. The molecule has 0 fully saturated rings. The lowest BCUT2D eigenvalue weighted by Crippen LogP contribution is -2.44. The zero-order chi connectivity index (χ0) is 22.0. The van der Waals surface area contributed by atoms with Crippen LogP contribution in [0.2, 0.25) is 0 Å². The highest BCUT2D eigenvalue weighted by Crippen LogP contribution is 2.25. The molecule has 0 atom stereocenters. The molecule has 1 aliphatic rings. The highest BCUT2D eigenvalue weighted by atomic mass is 15.4. The zero-order valence-corrected chi connectivity index (χ0v) is 21.5. The molecule has 0 aromatic heterocycles. The summed E-state index contributed by atoms with van der Waals surface area (Å²) in [5.74, 6) is 0. The Kier molecular flexibility index (Phi) is 16.4. The molecule has 1 aliphatic heterocycles. The summed E-state index contributed by atoms with van der Waals surface area (Å²) in [4.78, 5) is 5.10. The molecule has 1 rings (SSSR count). The predicted octanol–water partition coefficient (Wildman–Crippen LogP) is 9.26. The Morgan fingerprint density at radius 3 is 1.10 bits per heavy atom. The maximum atomic E-state index is 2.55. The first-order valence-corrected chi connectivity index (χ1v) is 13.8. The molecule has 1 heterocycles. The minimum absolute atomic E-state index is 0.585. The molecular weight excluding hydrogens is 364 g/mol. The van der Waals surface area contributed by atoms with Crippen molar-refractivity contribution in [3.63, 3.8) is 0 Å². The average Bonchev–Trinajstić information content (AvgIpc) is 3.15. The van der Waals surface area contributed by atoms with Crippen LogP contribution in [0.5, 0.6) is 0 Å². The van der Waals surface area contributed by atoms with Crippen molar-refractivity contribution in [3.8, 4) is 0 Å². The van der Waals surface area contributed by atoms with Crippen LogP contribution in [0.25, 0.3) is 0 Å². The second-order valence-electron chi connectivity index (χ2n) is 10.3. The highest BCUT2D eigenvalue weighted by Gasteiger charge is 2.28. The summed E-state index contributed by atoms with van der Waals surface area (Å²) in [6, 6.07) is 1.20. The van der Waals surface area contributed by atoms with Crippen LogP contribution in [0.1, 0.15) is 150 Å². The third-order valence-electron chi connectivity index (χ3n) is 6.86. The van der Waals surface area contributed by atoms with Gasteiger partial charge in [-0.05, 0) is 40.5 Å². The summed E-state index contributed by atoms with van der Waals surface area (Å²) < 4.78 is 0.